The lowest BCUT2D eigenvalue weighted by atomic mass is 9.78. The van der Waals surface area contributed by atoms with Gasteiger partial charge in [-0.1, -0.05) is 54.6 Å². The van der Waals surface area contributed by atoms with Crippen LogP contribution in [0.1, 0.15) is 35.9 Å². The van der Waals surface area contributed by atoms with E-state index >= 15 is 0 Å². The second-order valence-corrected chi connectivity index (χ2v) is 8.60. The average molecular weight is 434 g/mol. The molecule has 2 N–H and O–H groups in total. The summed E-state index contributed by atoms with van der Waals surface area (Å²) < 4.78 is 5.82. The summed E-state index contributed by atoms with van der Waals surface area (Å²) in [5.74, 6) is 0.124. The van der Waals surface area contributed by atoms with Gasteiger partial charge in [0, 0.05) is 17.7 Å². The molecule has 1 aliphatic heterocycles. The molecular formula is C28H22N2O3. The third-order valence-electron chi connectivity index (χ3n) is 6.60. The first kappa shape index (κ1) is 19.6. The van der Waals surface area contributed by atoms with E-state index in [-0.39, 0.29) is 17.1 Å². The average Bonchev–Trinajstić information content (AvgIpc) is 3.02. The summed E-state index contributed by atoms with van der Waals surface area (Å²) in [6, 6.07) is 24.6. The molecule has 5 nitrogen and oxygen atoms in total. The van der Waals surface area contributed by atoms with Gasteiger partial charge in [-0.25, -0.2) is 0 Å². The molecule has 33 heavy (non-hydrogen) atoms. The summed E-state index contributed by atoms with van der Waals surface area (Å²) in [4.78, 5) is 27.1. The number of allylic oxidation sites excluding steroid dienone is 1. The number of fused-ring (bicyclic) bond motifs is 2. The SMILES string of the molecule is O=C1C[C@@H](c2ccccc2)CC2=C1[C@H](c1coc3ccccc3c1=O)Nc1ccccc1N2. The highest BCUT2D eigenvalue weighted by molar-refractivity contribution is 6.01. The van der Waals surface area contributed by atoms with Crippen LogP contribution in [0.5, 0.6) is 0 Å². The number of nitrogens with one attached hydrogen (secondary N) is 2. The molecule has 0 unspecified atom stereocenters. The van der Waals surface area contributed by atoms with Gasteiger partial charge >= 0.3 is 0 Å². The second kappa shape index (κ2) is 7.78. The third kappa shape index (κ3) is 3.33. The Labute approximate surface area is 190 Å². The zero-order chi connectivity index (χ0) is 22.4. The minimum absolute atomic E-state index is 0.0375. The van der Waals surface area contributed by atoms with Crippen LogP contribution >= 0.6 is 0 Å². The summed E-state index contributed by atoms with van der Waals surface area (Å²) in [6.45, 7) is 0. The second-order valence-electron chi connectivity index (χ2n) is 8.60. The Morgan fingerprint density at radius 3 is 2.36 bits per heavy atom. The molecular weight excluding hydrogens is 412 g/mol. The molecule has 3 aromatic carbocycles. The van der Waals surface area contributed by atoms with Crippen LogP contribution in [0.15, 0.2) is 106 Å². The smallest absolute Gasteiger partial charge is 0.198 e. The van der Waals surface area contributed by atoms with E-state index in [9.17, 15) is 9.59 Å². The lowest BCUT2D eigenvalue weighted by molar-refractivity contribution is -0.116. The largest absolute Gasteiger partial charge is 0.464 e. The highest BCUT2D eigenvalue weighted by atomic mass is 16.3. The molecule has 6 rings (SSSR count). The quantitative estimate of drug-likeness (QED) is 0.419. The number of ketones is 1. The van der Waals surface area contributed by atoms with Crippen molar-refractivity contribution in [2.24, 2.45) is 0 Å². The summed E-state index contributed by atoms with van der Waals surface area (Å²) in [5.41, 5.74) is 5.19. The van der Waals surface area contributed by atoms with E-state index in [1.807, 2.05) is 54.6 Å². The first-order chi connectivity index (χ1) is 16.2. The molecule has 1 aromatic heterocycles. The first-order valence-corrected chi connectivity index (χ1v) is 11.1. The summed E-state index contributed by atoms with van der Waals surface area (Å²) >= 11 is 0. The van der Waals surface area contributed by atoms with Gasteiger partial charge in [-0.3, -0.25) is 9.59 Å². The summed E-state index contributed by atoms with van der Waals surface area (Å²) in [6.07, 6.45) is 2.59. The number of rotatable bonds is 2. The lowest BCUT2D eigenvalue weighted by Gasteiger charge is -2.29. The van der Waals surface area contributed by atoms with Crippen LogP contribution in [-0.2, 0) is 4.79 Å². The summed E-state index contributed by atoms with van der Waals surface area (Å²) in [5, 5.41) is 7.49. The fourth-order valence-electron chi connectivity index (χ4n) is 4.98. The zero-order valence-corrected chi connectivity index (χ0v) is 17.9. The topological polar surface area (TPSA) is 71.3 Å². The molecule has 2 heterocycles. The van der Waals surface area contributed by atoms with E-state index in [1.165, 1.54) is 6.26 Å². The van der Waals surface area contributed by atoms with Gasteiger partial charge in [0.25, 0.3) is 0 Å². The predicted octanol–water partition coefficient (Wildman–Crippen LogP) is 5.77. The Hall–Kier alpha value is -4.12. The number of hydrogen-bond donors (Lipinski definition) is 2. The minimum atomic E-state index is -0.596. The number of carbonyl (C=O) groups is 1. The molecule has 0 bridgehead atoms. The molecule has 0 saturated carbocycles. The van der Waals surface area contributed by atoms with Gasteiger partial charge in [-0.2, -0.15) is 0 Å². The van der Waals surface area contributed by atoms with Gasteiger partial charge in [0.2, 0.25) is 0 Å². The fraction of sp³-hybridized carbons (Fsp3) is 0.143. The van der Waals surface area contributed by atoms with Crippen molar-refractivity contribution in [1.82, 2.24) is 0 Å². The standard InChI is InChI=1S/C28H22N2O3/c31-24-15-18(17-8-2-1-3-9-17)14-23-26(24)27(30-22-12-6-5-11-21(22)29-23)20-16-33-25-13-7-4-10-19(25)28(20)32/h1-13,16,18,27,29-30H,14-15H2/t18-,27-/m0/s1. The molecule has 2 aliphatic rings. The monoisotopic (exact) mass is 434 g/mol. The van der Waals surface area contributed by atoms with Crippen molar-refractivity contribution in [2.75, 3.05) is 10.6 Å². The van der Waals surface area contributed by atoms with Crippen LogP contribution in [0.2, 0.25) is 0 Å². The molecule has 0 amide bonds. The van der Waals surface area contributed by atoms with E-state index in [0.29, 0.717) is 34.9 Å². The van der Waals surface area contributed by atoms with E-state index in [4.69, 9.17) is 4.42 Å². The maximum Gasteiger partial charge on any atom is 0.198 e. The van der Waals surface area contributed by atoms with Crippen molar-refractivity contribution >= 4 is 28.1 Å². The lowest BCUT2D eigenvalue weighted by Crippen LogP contribution is -2.29. The number of para-hydroxylation sites is 3. The first-order valence-electron chi connectivity index (χ1n) is 11.1. The Morgan fingerprint density at radius 1 is 0.788 bits per heavy atom. The van der Waals surface area contributed by atoms with Crippen LogP contribution < -0.4 is 16.1 Å². The predicted molar refractivity (Wildman–Crippen MR) is 129 cm³/mol. The van der Waals surface area contributed by atoms with Gasteiger partial charge in [0.05, 0.1) is 28.4 Å². The maximum absolute atomic E-state index is 13.6. The van der Waals surface area contributed by atoms with Gasteiger partial charge in [-0.05, 0) is 42.2 Å². The molecule has 162 valence electrons. The van der Waals surface area contributed by atoms with Crippen LogP contribution in [0.25, 0.3) is 11.0 Å². The molecule has 0 radical (unpaired) electrons. The van der Waals surface area contributed by atoms with E-state index in [2.05, 4.69) is 22.8 Å². The van der Waals surface area contributed by atoms with Crippen molar-refractivity contribution in [3.05, 3.63) is 118 Å². The van der Waals surface area contributed by atoms with Gasteiger partial charge < -0.3 is 15.1 Å². The maximum atomic E-state index is 13.6. The van der Waals surface area contributed by atoms with Gasteiger partial charge in [0.15, 0.2) is 11.2 Å². The molecule has 0 fully saturated rings. The van der Waals surface area contributed by atoms with Crippen LogP contribution in [0, 0.1) is 0 Å². The van der Waals surface area contributed by atoms with Crippen molar-refractivity contribution in [3.63, 3.8) is 0 Å². The van der Waals surface area contributed by atoms with Gasteiger partial charge in [0.1, 0.15) is 11.8 Å². The molecule has 5 heteroatoms. The Balaban J connectivity index is 1.52. The molecule has 4 aromatic rings. The third-order valence-corrected chi connectivity index (χ3v) is 6.60. The van der Waals surface area contributed by atoms with E-state index < -0.39 is 6.04 Å². The molecule has 1 aliphatic carbocycles. The van der Waals surface area contributed by atoms with Crippen LogP contribution in [0.3, 0.4) is 0 Å². The molecule has 2 atom stereocenters. The highest BCUT2D eigenvalue weighted by Gasteiger charge is 2.37. The number of anilines is 2. The number of Topliss-reactive ketones (excluding diaryl/α,β-unsaturated/α-hetero) is 1. The molecule has 0 spiro atoms. The number of benzene rings is 3. The van der Waals surface area contributed by atoms with Crippen molar-refractivity contribution < 1.29 is 9.21 Å². The number of hydrogen-bond acceptors (Lipinski definition) is 5. The van der Waals surface area contributed by atoms with Gasteiger partial charge in [-0.15, -0.1) is 0 Å². The van der Waals surface area contributed by atoms with Crippen molar-refractivity contribution in [2.45, 2.75) is 24.8 Å². The Morgan fingerprint density at radius 2 is 1.52 bits per heavy atom. The number of carbonyl (C=O) groups excluding carboxylic acids is 1. The van der Waals surface area contributed by atoms with E-state index in [1.54, 1.807) is 12.1 Å². The van der Waals surface area contributed by atoms with Crippen LogP contribution in [0.4, 0.5) is 11.4 Å². The van der Waals surface area contributed by atoms with Crippen molar-refractivity contribution in [1.29, 1.82) is 0 Å². The normalized spacial score (nSPS) is 19.8. The molecule has 0 saturated heterocycles. The Bertz CT molecular complexity index is 1470. The Kier molecular flexibility index (Phi) is 4.61. The fourth-order valence-corrected chi connectivity index (χ4v) is 4.98. The summed E-state index contributed by atoms with van der Waals surface area (Å²) in [7, 11) is 0. The van der Waals surface area contributed by atoms with Crippen molar-refractivity contribution in [3.8, 4) is 0 Å². The highest BCUT2D eigenvalue weighted by Crippen LogP contribution is 2.43. The van der Waals surface area contributed by atoms with E-state index in [0.717, 1.165) is 22.6 Å². The van der Waals surface area contributed by atoms with Crippen LogP contribution in [-0.4, -0.2) is 5.78 Å². The minimum Gasteiger partial charge on any atom is -0.464 e. The zero-order valence-electron chi connectivity index (χ0n) is 17.9.